The monoisotopic (exact) mass is 268 g/mol. The van der Waals surface area contributed by atoms with E-state index in [-0.39, 0.29) is 19.3 Å². The molecule has 2 N–H and O–H groups in total. The minimum Gasteiger partial charge on any atom is -0.481 e. The van der Waals surface area contributed by atoms with Crippen molar-refractivity contribution in [3.63, 3.8) is 0 Å². The Balaban J connectivity index is 2.94. The van der Waals surface area contributed by atoms with E-state index in [9.17, 15) is 23.1 Å². The van der Waals surface area contributed by atoms with Crippen LogP contribution in [-0.2, 0) is 4.79 Å². The van der Waals surface area contributed by atoms with Crippen molar-refractivity contribution in [2.75, 3.05) is 0 Å². The highest BCUT2D eigenvalue weighted by atomic mass is 19.4. The van der Waals surface area contributed by atoms with Gasteiger partial charge in [-0.05, 0) is 31.6 Å². The lowest BCUT2D eigenvalue weighted by atomic mass is 9.68. The van der Waals surface area contributed by atoms with E-state index in [1.54, 1.807) is 13.8 Å². The molecule has 0 spiro atoms. The molecule has 1 saturated carbocycles. The Kier molecular flexibility index (Phi) is 4.30. The Morgan fingerprint density at radius 2 is 1.94 bits per heavy atom. The Bertz CT molecular complexity index is 314. The molecule has 1 fully saturated rings. The number of alkyl halides is 3. The summed E-state index contributed by atoms with van der Waals surface area (Å²) in [5.41, 5.74) is -1.75. The third-order valence-electron chi connectivity index (χ3n) is 3.74. The molecule has 0 bridgehead atoms. The van der Waals surface area contributed by atoms with E-state index in [1.165, 1.54) is 0 Å². The molecule has 1 aliphatic carbocycles. The minimum absolute atomic E-state index is 0.0315. The summed E-state index contributed by atoms with van der Waals surface area (Å²) in [6.45, 7) is 3.21. The van der Waals surface area contributed by atoms with Crippen molar-refractivity contribution in [1.82, 2.24) is 0 Å². The number of rotatable bonds is 3. The van der Waals surface area contributed by atoms with Gasteiger partial charge in [0.25, 0.3) is 0 Å². The van der Waals surface area contributed by atoms with Crippen molar-refractivity contribution in [2.45, 2.75) is 51.3 Å². The van der Waals surface area contributed by atoms with Crippen molar-refractivity contribution in [2.24, 2.45) is 17.8 Å². The summed E-state index contributed by atoms with van der Waals surface area (Å²) in [5.74, 6) is -4.38. The topological polar surface area (TPSA) is 57.5 Å². The number of hydrogen-bond acceptors (Lipinski definition) is 2. The minimum atomic E-state index is -4.37. The van der Waals surface area contributed by atoms with Crippen molar-refractivity contribution in [3.8, 4) is 0 Å². The van der Waals surface area contributed by atoms with Gasteiger partial charge in [-0.2, -0.15) is 13.2 Å². The summed E-state index contributed by atoms with van der Waals surface area (Å²) in [4.78, 5) is 11.2. The van der Waals surface area contributed by atoms with Crippen LogP contribution in [0.5, 0.6) is 0 Å². The first kappa shape index (κ1) is 15.3. The van der Waals surface area contributed by atoms with Gasteiger partial charge in [-0.3, -0.25) is 4.79 Å². The SMILES string of the molecule is CC(C)C(C(=O)O)C1(O)CCCC(C(F)(F)F)C1. The standard InChI is InChI=1S/C12H19F3O3/c1-7(2)9(10(16)17)11(18)5-3-4-8(6-11)12(13,14)15/h7-9,18H,3-6H2,1-2H3,(H,16,17). The van der Waals surface area contributed by atoms with Gasteiger partial charge in [0.15, 0.2) is 0 Å². The molecule has 0 amide bonds. The summed E-state index contributed by atoms with van der Waals surface area (Å²) < 4.78 is 38.1. The second kappa shape index (κ2) is 5.07. The van der Waals surface area contributed by atoms with Crippen LogP contribution in [0.15, 0.2) is 0 Å². The maximum absolute atomic E-state index is 12.7. The molecule has 0 saturated heterocycles. The predicted octanol–water partition coefficient (Wildman–Crippen LogP) is 2.83. The molecule has 1 aliphatic rings. The molecule has 0 aromatic heterocycles. The molecule has 3 atom stereocenters. The van der Waals surface area contributed by atoms with E-state index in [2.05, 4.69) is 0 Å². The van der Waals surface area contributed by atoms with Gasteiger partial charge in [-0.25, -0.2) is 0 Å². The molecule has 0 radical (unpaired) electrons. The van der Waals surface area contributed by atoms with E-state index in [0.29, 0.717) is 0 Å². The van der Waals surface area contributed by atoms with E-state index >= 15 is 0 Å². The van der Waals surface area contributed by atoms with Crippen LogP contribution < -0.4 is 0 Å². The van der Waals surface area contributed by atoms with Gasteiger partial charge in [0.05, 0.1) is 17.4 Å². The van der Waals surface area contributed by atoms with Gasteiger partial charge in [0, 0.05) is 0 Å². The maximum Gasteiger partial charge on any atom is 0.391 e. The molecule has 106 valence electrons. The molecule has 1 rings (SSSR count). The van der Waals surface area contributed by atoms with E-state index in [0.717, 1.165) is 0 Å². The number of hydrogen-bond donors (Lipinski definition) is 2. The quantitative estimate of drug-likeness (QED) is 0.827. The van der Waals surface area contributed by atoms with Gasteiger partial charge in [-0.15, -0.1) is 0 Å². The zero-order valence-electron chi connectivity index (χ0n) is 10.5. The number of carbonyl (C=O) groups is 1. The third-order valence-corrected chi connectivity index (χ3v) is 3.74. The average molecular weight is 268 g/mol. The van der Waals surface area contributed by atoms with Crippen LogP contribution in [0, 0.1) is 17.8 Å². The van der Waals surface area contributed by atoms with Crippen molar-refractivity contribution in [3.05, 3.63) is 0 Å². The van der Waals surface area contributed by atoms with Crippen LogP contribution in [0.4, 0.5) is 13.2 Å². The molecule has 0 heterocycles. The smallest absolute Gasteiger partial charge is 0.391 e. The van der Waals surface area contributed by atoms with Crippen molar-refractivity contribution in [1.29, 1.82) is 0 Å². The fourth-order valence-corrected chi connectivity index (χ4v) is 2.98. The molecule has 3 nitrogen and oxygen atoms in total. The Morgan fingerprint density at radius 1 is 1.39 bits per heavy atom. The maximum atomic E-state index is 12.7. The number of carboxylic acid groups (broad SMARTS) is 1. The Morgan fingerprint density at radius 3 is 2.33 bits per heavy atom. The summed E-state index contributed by atoms with van der Waals surface area (Å²) in [5, 5.41) is 19.4. The van der Waals surface area contributed by atoms with Crippen LogP contribution in [0.25, 0.3) is 0 Å². The van der Waals surface area contributed by atoms with Crippen molar-refractivity contribution < 1.29 is 28.2 Å². The number of halogens is 3. The molecule has 3 unspecified atom stereocenters. The Hall–Kier alpha value is -0.780. The van der Waals surface area contributed by atoms with Crippen LogP contribution >= 0.6 is 0 Å². The summed E-state index contributed by atoms with van der Waals surface area (Å²) in [6, 6.07) is 0. The summed E-state index contributed by atoms with van der Waals surface area (Å²) >= 11 is 0. The summed E-state index contributed by atoms with van der Waals surface area (Å²) in [7, 11) is 0. The van der Waals surface area contributed by atoms with Crippen LogP contribution in [0.3, 0.4) is 0 Å². The highest BCUT2D eigenvalue weighted by molar-refractivity contribution is 5.71. The third kappa shape index (κ3) is 3.16. The highest BCUT2D eigenvalue weighted by Gasteiger charge is 2.52. The molecule has 0 aromatic carbocycles. The molecular formula is C12H19F3O3. The van der Waals surface area contributed by atoms with Gasteiger partial charge in [0.1, 0.15) is 0 Å². The second-order valence-electron chi connectivity index (χ2n) is 5.50. The molecular weight excluding hydrogens is 249 g/mol. The van der Waals surface area contributed by atoms with Crippen molar-refractivity contribution >= 4 is 5.97 Å². The van der Waals surface area contributed by atoms with Crippen LogP contribution in [0.2, 0.25) is 0 Å². The second-order valence-corrected chi connectivity index (χ2v) is 5.50. The normalized spacial score (nSPS) is 31.4. The van der Waals surface area contributed by atoms with E-state index in [4.69, 9.17) is 5.11 Å². The van der Waals surface area contributed by atoms with Gasteiger partial charge in [-0.1, -0.05) is 13.8 Å². The average Bonchev–Trinajstić information content (AvgIpc) is 2.13. The van der Waals surface area contributed by atoms with Crippen LogP contribution in [0.1, 0.15) is 39.5 Å². The van der Waals surface area contributed by atoms with E-state index in [1.807, 2.05) is 0 Å². The highest BCUT2D eigenvalue weighted by Crippen LogP contribution is 2.46. The summed E-state index contributed by atoms with van der Waals surface area (Å²) in [6.07, 6.45) is -4.58. The molecule has 18 heavy (non-hydrogen) atoms. The van der Waals surface area contributed by atoms with Gasteiger partial charge >= 0.3 is 12.1 Å². The molecule has 6 heteroatoms. The molecule has 0 aliphatic heterocycles. The number of carboxylic acids is 1. The first-order valence-corrected chi connectivity index (χ1v) is 6.10. The Labute approximate surface area is 104 Å². The fourth-order valence-electron chi connectivity index (χ4n) is 2.98. The number of aliphatic hydroxyl groups is 1. The zero-order chi connectivity index (χ0) is 14.1. The lowest BCUT2D eigenvalue weighted by Crippen LogP contribution is -2.50. The lowest BCUT2D eigenvalue weighted by molar-refractivity contribution is -0.211. The van der Waals surface area contributed by atoms with E-state index < -0.39 is 41.9 Å². The van der Waals surface area contributed by atoms with Gasteiger partial charge in [0.2, 0.25) is 0 Å². The lowest BCUT2D eigenvalue weighted by Gasteiger charge is -2.42. The molecule has 0 aromatic rings. The first-order chi connectivity index (χ1) is 8.08. The van der Waals surface area contributed by atoms with Gasteiger partial charge < -0.3 is 10.2 Å². The first-order valence-electron chi connectivity index (χ1n) is 6.10. The number of aliphatic carboxylic acids is 1. The predicted molar refractivity (Wildman–Crippen MR) is 58.9 cm³/mol. The largest absolute Gasteiger partial charge is 0.481 e. The fraction of sp³-hybridized carbons (Fsp3) is 0.917. The zero-order valence-corrected chi connectivity index (χ0v) is 10.5. The van der Waals surface area contributed by atoms with Crippen LogP contribution in [-0.4, -0.2) is 28.0 Å².